The number of anilines is 1. The van der Waals surface area contributed by atoms with Crippen molar-refractivity contribution in [1.29, 1.82) is 0 Å². The Hall–Kier alpha value is -4.25. The van der Waals surface area contributed by atoms with E-state index in [1.807, 2.05) is 0 Å². The lowest BCUT2D eigenvalue weighted by molar-refractivity contribution is -0.384. The van der Waals surface area contributed by atoms with E-state index in [-0.39, 0.29) is 10.6 Å². The van der Waals surface area contributed by atoms with Crippen LogP contribution in [0.2, 0.25) is 0 Å². The minimum absolute atomic E-state index is 0.0851. The lowest BCUT2D eigenvalue weighted by atomic mass is 9.76. The zero-order valence-electron chi connectivity index (χ0n) is 20.0. The maximum atomic E-state index is 11.0. The molecule has 2 aliphatic heterocycles. The van der Waals surface area contributed by atoms with Gasteiger partial charge in [-0.15, -0.1) is 0 Å². The summed E-state index contributed by atoms with van der Waals surface area (Å²) in [4.78, 5) is 18.0. The van der Waals surface area contributed by atoms with Gasteiger partial charge in [-0.2, -0.15) is 0 Å². The lowest BCUT2D eigenvalue weighted by Crippen LogP contribution is -2.37. The first kappa shape index (κ1) is 22.2. The molecule has 0 bridgehead atoms. The molecular formula is C31H27N3O2. The van der Waals surface area contributed by atoms with Crippen LogP contribution >= 0.6 is 0 Å². The molecular weight excluding hydrogens is 446 g/mol. The quantitative estimate of drug-likeness (QED) is 0.175. The lowest BCUT2D eigenvalue weighted by Gasteiger charge is -2.43. The van der Waals surface area contributed by atoms with Crippen molar-refractivity contribution in [2.75, 3.05) is 18.0 Å². The molecule has 0 unspecified atom stereocenters. The third-order valence-corrected chi connectivity index (χ3v) is 7.47. The summed E-state index contributed by atoms with van der Waals surface area (Å²) in [5, 5.41) is 11.0. The van der Waals surface area contributed by atoms with Crippen molar-refractivity contribution in [1.82, 2.24) is 0 Å². The molecule has 0 fully saturated rings. The second kappa shape index (κ2) is 9.42. The maximum absolute atomic E-state index is 11.0. The highest BCUT2D eigenvalue weighted by Crippen LogP contribution is 2.49. The Morgan fingerprint density at radius 3 is 1.81 bits per heavy atom. The Kier molecular flexibility index (Phi) is 5.82. The minimum Gasteiger partial charge on any atom is -0.371 e. The molecule has 0 N–H and O–H groups in total. The number of nitro groups is 1. The first-order chi connectivity index (χ1) is 17.7. The topological polar surface area (TPSA) is 58.7 Å². The summed E-state index contributed by atoms with van der Waals surface area (Å²) in [6.07, 6.45) is 3.97. The van der Waals surface area contributed by atoms with Crippen LogP contribution in [0.5, 0.6) is 0 Å². The monoisotopic (exact) mass is 473 g/mol. The first-order valence-electron chi connectivity index (χ1n) is 12.5. The molecule has 2 aliphatic rings. The standard InChI is InChI=1S/C31H27N3O2/c35-34(36)26-13-11-22(12-14-26)21-32-25-19-29-27(23-7-3-1-4-8-23)15-17-33-18-16-28(30(20-25)31(29)33)24-9-5-2-6-10-24/h1-14,19-21,27-28H,15-18H2/t27-,28-/m0/s1. The number of hydrogen-bond donors (Lipinski definition) is 0. The van der Waals surface area contributed by atoms with Gasteiger partial charge in [0.15, 0.2) is 0 Å². The Morgan fingerprint density at radius 2 is 1.31 bits per heavy atom. The summed E-state index contributed by atoms with van der Waals surface area (Å²) in [5.41, 5.74) is 8.62. The van der Waals surface area contributed by atoms with Gasteiger partial charge in [0.1, 0.15) is 0 Å². The summed E-state index contributed by atoms with van der Waals surface area (Å²) in [5.74, 6) is 0.667. The van der Waals surface area contributed by atoms with Gasteiger partial charge in [-0.05, 0) is 64.9 Å². The number of benzene rings is 4. The molecule has 2 heterocycles. The zero-order chi connectivity index (χ0) is 24.5. The van der Waals surface area contributed by atoms with Crippen molar-refractivity contribution in [2.45, 2.75) is 24.7 Å². The van der Waals surface area contributed by atoms with Crippen LogP contribution < -0.4 is 4.90 Å². The SMILES string of the molecule is O=[N+]([O-])c1ccc(C=Nc2cc3c4c(c2)[C@H](c2ccccc2)CCN4CC[C@H]3c2ccccc2)cc1. The molecule has 2 atom stereocenters. The number of nitrogens with zero attached hydrogens (tertiary/aromatic N) is 3. The highest BCUT2D eigenvalue weighted by atomic mass is 16.6. The normalized spacial score (nSPS) is 18.7. The molecule has 178 valence electrons. The molecule has 0 amide bonds. The van der Waals surface area contributed by atoms with Crippen molar-refractivity contribution >= 4 is 23.3 Å². The van der Waals surface area contributed by atoms with Gasteiger partial charge < -0.3 is 4.90 Å². The molecule has 5 heteroatoms. The van der Waals surface area contributed by atoms with E-state index in [2.05, 4.69) is 77.7 Å². The van der Waals surface area contributed by atoms with Gasteiger partial charge in [-0.3, -0.25) is 15.1 Å². The second-order valence-corrected chi connectivity index (χ2v) is 9.57. The Balaban J connectivity index is 1.46. The van der Waals surface area contributed by atoms with Crippen molar-refractivity contribution in [3.8, 4) is 0 Å². The fraction of sp³-hybridized carbons (Fsp3) is 0.194. The van der Waals surface area contributed by atoms with Crippen LogP contribution in [0.3, 0.4) is 0 Å². The summed E-state index contributed by atoms with van der Waals surface area (Å²) in [7, 11) is 0. The minimum atomic E-state index is -0.381. The smallest absolute Gasteiger partial charge is 0.269 e. The van der Waals surface area contributed by atoms with Gasteiger partial charge in [0.25, 0.3) is 5.69 Å². The largest absolute Gasteiger partial charge is 0.371 e. The molecule has 0 aromatic heterocycles. The number of nitro benzene ring substituents is 1. The summed E-state index contributed by atoms with van der Waals surface area (Å²) < 4.78 is 0. The third kappa shape index (κ3) is 4.17. The summed E-state index contributed by atoms with van der Waals surface area (Å²) in [6.45, 7) is 2.12. The molecule has 0 radical (unpaired) electrons. The van der Waals surface area contributed by atoms with E-state index in [1.165, 1.54) is 40.1 Å². The predicted molar refractivity (Wildman–Crippen MR) is 145 cm³/mol. The summed E-state index contributed by atoms with van der Waals surface area (Å²) in [6, 6.07) is 32.6. The Labute approximate surface area is 210 Å². The molecule has 6 rings (SSSR count). The van der Waals surface area contributed by atoms with Crippen LogP contribution in [0.25, 0.3) is 0 Å². The van der Waals surface area contributed by atoms with Crippen molar-refractivity contribution in [2.24, 2.45) is 4.99 Å². The van der Waals surface area contributed by atoms with Crippen LogP contribution in [0.15, 0.2) is 102 Å². The van der Waals surface area contributed by atoms with Crippen molar-refractivity contribution < 1.29 is 4.92 Å². The molecule has 4 aromatic carbocycles. The molecule has 0 saturated carbocycles. The van der Waals surface area contributed by atoms with Crippen molar-refractivity contribution in [3.05, 3.63) is 135 Å². The van der Waals surface area contributed by atoms with Crippen LogP contribution in [-0.2, 0) is 0 Å². The van der Waals surface area contributed by atoms with Gasteiger partial charge in [-0.25, -0.2) is 0 Å². The summed E-state index contributed by atoms with van der Waals surface area (Å²) >= 11 is 0. The average molecular weight is 474 g/mol. The van der Waals surface area contributed by atoms with E-state index < -0.39 is 0 Å². The number of non-ortho nitro benzene ring substituents is 1. The highest BCUT2D eigenvalue weighted by Gasteiger charge is 2.35. The zero-order valence-corrected chi connectivity index (χ0v) is 20.0. The van der Waals surface area contributed by atoms with E-state index >= 15 is 0 Å². The Bertz CT molecular complexity index is 1340. The number of rotatable bonds is 5. The van der Waals surface area contributed by atoms with E-state index in [1.54, 1.807) is 18.3 Å². The molecule has 0 aliphatic carbocycles. The molecule has 0 saturated heterocycles. The van der Waals surface area contributed by atoms with Crippen molar-refractivity contribution in [3.63, 3.8) is 0 Å². The van der Waals surface area contributed by atoms with Crippen LogP contribution in [0.1, 0.15) is 52.5 Å². The highest BCUT2D eigenvalue weighted by molar-refractivity contribution is 5.83. The van der Waals surface area contributed by atoms with Gasteiger partial charge in [-0.1, -0.05) is 60.7 Å². The fourth-order valence-electron chi connectivity index (χ4n) is 5.75. The van der Waals surface area contributed by atoms with E-state index in [9.17, 15) is 10.1 Å². The third-order valence-electron chi connectivity index (χ3n) is 7.47. The average Bonchev–Trinajstić information content (AvgIpc) is 2.93. The Morgan fingerprint density at radius 1 is 0.778 bits per heavy atom. The van der Waals surface area contributed by atoms with Gasteiger partial charge in [0.05, 0.1) is 10.6 Å². The van der Waals surface area contributed by atoms with E-state index in [0.29, 0.717) is 11.8 Å². The van der Waals surface area contributed by atoms with Gasteiger partial charge in [0.2, 0.25) is 0 Å². The second-order valence-electron chi connectivity index (χ2n) is 9.57. The molecule has 5 nitrogen and oxygen atoms in total. The number of hydrogen-bond acceptors (Lipinski definition) is 4. The molecule has 36 heavy (non-hydrogen) atoms. The van der Waals surface area contributed by atoms with E-state index in [0.717, 1.165) is 37.2 Å². The van der Waals surface area contributed by atoms with Crippen LogP contribution in [0, 0.1) is 10.1 Å². The predicted octanol–water partition coefficient (Wildman–Crippen LogP) is 7.22. The molecule has 0 spiro atoms. The van der Waals surface area contributed by atoms with Crippen LogP contribution in [0.4, 0.5) is 17.1 Å². The van der Waals surface area contributed by atoms with Gasteiger partial charge in [0, 0.05) is 49.0 Å². The van der Waals surface area contributed by atoms with E-state index in [4.69, 9.17) is 4.99 Å². The number of aliphatic imine (C=N–C) groups is 1. The molecule has 4 aromatic rings. The van der Waals surface area contributed by atoms with Gasteiger partial charge >= 0.3 is 0 Å². The van der Waals surface area contributed by atoms with Crippen LogP contribution in [-0.4, -0.2) is 24.2 Å². The first-order valence-corrected chi connectivity index (χ1v) is 12.5. The fourth-order valence-corrected chi connectivity index (χ4v) is 5.75. The maximum Gasteiger partial charge on any atom is 0.269 e.